The number of fused-ring (bicyclic) bond motifs is 2. The summed E-state index contributed by atoms with van der Waals surface area (Å²) in [6, 6.07) is 1.15. The fourth-order valence-electron chi connectivity index (χ4n) is 2.95. The van der Waals surface area contributed by atoms with E-state index >= 15 is 0 Å². The number of piperidine rings is 1. The highest BCUT2D eigenvalue weighted by Gasteiger charge is 2.48. The van der Waals surface area contributed by atoms with E-state index in [0.29, 0.717) is 18.0 Å². The maximum atomic E-state index is 12.2. The molecular formula is C12H21ClN2O. The number of hydrogen-bond donors (Lipinski definition) is 1. The molecule has 2 bridgehead atoms. The number of halogens is 1. The van der Waals surface area contributed by atoms with E-state index in [9.17, 15) is 4.79 Å². The Morgan fingerprint density at radius 2 is 1.81 bits per heavy atom. The van der Waals surface area contributed by atoms with Crippen LogP contribution in [0.25, 0.3) is 0 Å². The van der Waals surface area contributed by atoms with Crippen molar-refractivity contribution in [3.63, 3.8) is 0 Å². The minimum absolute atomic E-state index is 0. The molecule has 1 amide bonds. The molecule has 3 nitrogen and oxygen atoms in total. The van der Waals surface area contributed by atoms with Crippen LogP contribution in [0.2, 0.25) is 0 Å². The summed E-state index contributed by atoms with van der Waals surface area (Å²) < 4.78 is 0. The van der Waals surface area contributed by atoms with Gasteiger partial charge in [-0.05, 0) is 25.7 Å². The van der Waals surface area contributed by atoms with Crippen molar-refractivity contribution < 1.29 is 4.79 Å². The number of nitrogens with zero attached hydrogens (tertiary/aromatic N) is 1. The third kappa shape index (κ3) is 2.07. The number of hydrogen-bond acceptors (Lipinski definition) is 2. The smallest absolute Gasteiger partial charge is 0.228 e. The minimum atomic E-state index is 0. The average Bonchev–Trinajstić information content (AvgIpc) is 2.96. The second-order valence-electron chi connectivity index (χ2n) is 5.76. The summed E-state index contributed by atoms with van der Waals surface area (Å²) in [5, 5.41) is 3.62. The molecule has 2 heterocycles. The Kier molecular flexibility index (Phi) is 3.19. The summed E-state index contributed by atoms with van der Waals surface area (Å²) in [7, 11) is 0. The van der Waals surface area contributed by atoms with Crippen LogP contribution in [0.5, 0.6) is 0 Å². The van der Waals surface area contributed by atoms with Crippen molar-refractivity contribution in [3.05, 3.63) is 0 Å². The normalized spacial score (nSPS) is 35.2. The Balaban J connectivity index is 0.000000963. The highest BCUT2D eigenvalue weighted by Crippen LogP contribution is 2.46. The lowest BCUT2D eigenvalue weighted by molar-refractivity contribution is -0.138. The summed E-state index contributed by atoms with van der Waals surface area (Å²) in [4.78, 5) is 14.3. The Bertz CT molecular complexity index is 279. The Labute approximate surface area is 103 Å². The van der Waals surface area contributed by atoms with E-state index in [0.717, 1.165) is 25.9 Å². The van der Waals surface area contributed by atoms with Crippen molar-refractivity contribution in [3.8, 4) is 0 Å². The third-order valence-electron chi connectivity index (χ3n) is 4.26. The molecule has 0 spiro atoms. The predicted molar refractivity (Wildman–Crippen MR) is 65.7 cm³/mol. The van der Waals surface area contributed by atoms with E-state index in [4.69, 9.17) is 0 Å². The van der Waals surface area contributed by atoms with Gasteiger partial charge in [-0.15, -0.1) is 12.4 Å². The van der Waals surface area contributed by atoms with Gasteiger partial charge in [0.15, 0.2) is 0 Å². The molecule has 2 aliphatic heterocycles. The van der Waals surface area contributed by atoms with Crippen LogP contribution >= 0.6 is 12.4 Å². The molecule has 2 atom stereocenters. The fraction of sp³-hybridized carbons (Fsp3) is 0.917. The zero-order valence-corrected chi connectivity index (χ0v) is 10.7. The Morgan fingerprint density at radius 3 is 2.31 bits per heavy atom. The van der Waals surface area contributed by atoms with Crippen molar-refractivity contribution in [2.45, 2.75) is 51.1 Å². The highest BCUT2D eigenvalue weighted by molar-refractivity contribution is 5.85. The van der Waals surface area contributed by atoms with Crippen LogP contribution in [0, 0.1) is 5.41 Å². The highest BCUT2D eigenvalue weighted by atomic mass is 35.5. The van der Waals surface area contributed by atoms with Gasteiger partial charge in [0.2, 0.25) is 5.91 Å². The summed E-state index contributed by atoms with van der Waals surface area (Å²) >= 11 is 0. The maximum absolute atomic E-state index is 12.2. The van der Waals surface area contributed by atoms with Crippen molar-refractivity contribution in [2.75, 3.05) is 13.1 Å². The standard InChI is InChI=1S/C12H20N2O.ClH/c1-12(5-6-12)11(15)14-7-9-3-2-4-10(8-14)13-9;/h9-10,13H,2-8H2,1H3;1H. The number of carbonyl (C=O) groups excluding carboxylic acids is 1. The van der Waals surface area contributed by atoms with Gasteiger partial charge >= 0.3 is 0 Å². The van der Waals surface area contributed by atoms with Gasteiger partial charge < -0.3 is 10.2 Å². The predicted octanol–water partition coefficient (Wildman–Crippen LogP) is 1.56. The molecule has 92 valence electrons. The summed E-state index contributed by atoms with van der Waals surface area (Å²) in [5.41, 5.74) is 0.0195. The molecule has 0 radical (unpaired) electrons. The second-order valence-corrected chi connectivity index (χ2v) is 5.76. The SMILES string of the molecule is CC1(C(=O)N2CC3CCCC(C2)N3)CC1.Cl. The zero-order chi connectivity index (χ0) is 10.5. The van der Waals surface area contributed by atoms with Gasteiger partial charge in [0.25, 0.3) is 0 Å². The van der Waals surface area contributed by atoms with Gasteiger partial charge in [-0.3, -0.25) is 4.79 Å². The topological polar surface area (TPSA) is 32.3 Å². The molecule has 4 heteroatoms. The summed E-state index contributed by atoms with van der Waals surface area (Å²) in [5.74, 6) is 0.418. The lowest BCUT2D eigenvalue weighted by Gasteiger charge is -2.43. The largest absolute Gasteiger partial charge is 0.339 e. The molecule has 3 fully saturated rings. The lowest BCUT2D eigenvalue weighted by atomic mass is 9.93. The molecule has 0 aromatic rings. The van der Waals surface area contributed by atoms with E-state index < -0.39 is 0 Å². The quantitative estimate of drug-likeness (QED) is 0.759. The summed E-state index contributed by atoms with van der Waals surface area (Å²) in [6.07, 6.45) is 6.03. The molecule has 0 aromatic carbocycles. The van der Waals surface area contributed by atoms with Crippen molar-refractivity contribution in [1.82, 2.24) is 10.2 Å². The number of carbonyl (C=O) groups is 1. The first kappa shape index (κ1) is 12.2. The van der Waals surface area contributed by atoms with Gasteiger partial charge in [-0.2, -0.15) is 0 Å². The first-order valence-corrected chi connectivity index (χ1v) is 6.23. The van der Waals surface area contributed by atoms with Crippen LogP contribution in [0.4, 0.5) is 0 Å². The van der Waals surface area contributed by atoms with Crippen LogP contribution in [0.3, 0.4) is 0 Å². The number of nitrogens with one attached hydrogen (secondary N) is 1. The van der Waals surface area contributed by atoms with Gasteiger partial charge in [-0.25, -0.2) is 0 Å². The first-order chi connectivity index (χ1) is 7.17. The van der Waals surface area contributed by atoms with Gasteiger partial charge in [0.1, 0.15) is 0 Å². The molecule has 3 rings (SSSR count). The molecule has 1 N–H and O–H groups in total. The van der Waals surface area contributed by atoms with E-state index in [1.807, 2.05) is 0 Å². The number of rotatable bonds is 1. The van der Waals surface area contributed by atoms with Crippen LogP contribution < -0.4 is 5.32 Å². The molecule has 1 saturated carbocycles. The average molecular weight is 245 g/mol. The van der Waals surface area contributed by atoms with E-state index in [2.05, 4.69) is 17.1 Å². The van der Waals surface area contributed by atoms with Crippen molar-refractivity contribution in [2.24, 2.45) is 5.41 Å². The Morgan fingerprint density at radius 1 is 1.25 bits per heavy atom. The number of likely N-dealkylation sites (tertiary alicyclic amines) is 1. The van der Waals surface area contributed by atoms with Crippen molar-refractivity contribution >= 4 is 18.3 Å². The third-order valence-corrected chi connectivity index (χ3v) is 4.26. The van der Waals surface area contributed by atoms with E-state index in [-0.39, 0.29) is 17.8 Å². The van der Waals surface area contributed by atoms with Crippen LogP contribution in [-0.4, -0.2) is 36.0 Å². The van der Waals surface area contributed by atoms with Crippen LogP contribution in [0.15, 0.2) is 0 Å². The number of amides is 1. The molecule has 0 aromatic heterocycles. The fourth-order valence-corrected chi connectivity index (χ4v) is 2.95. The molecule has 16 heavy (non-hydrogen) atoms. The molecule has 1 aliphatic carbocycles. The van der Waals surface area contributed by atoms with E-state index in [1.54, 1.807) is 0 Å². The van der Waals surface area contributed by atoms with Crippen LogP contribution in [0.1, 0.15) is 39.0 Å². The molecular weight excluding hydrogens is 224 g/mol. The second kappa shape index (κ2) is 4.19. The monoisotopic (exact) mass is 244 g/mol. The minimum Gasteiger partial charge on any atom is -0.339 e. The van der Waals surface area contributed by atoms with E-state index in [1.165, 1.54) is 19.3 Å². The molecule has 2 saturated heterocycles. The van der Waals surface area contributed by atoms with Gasteiger partial charge in [0.05, 0.1) is 0 Å². The first-order valence-electron chi connectivity index (χ1n) is 6.23. The summed E-state index contributed by atoms with van der Waals surface area (Å²) in [6.45, 7) is 4.02. The molecule has 2 unspecified atom stereocenters. The molecule has 3 aliphatic rings. The Hall–Kier alpha value is -0.280. The van der Waals surface area contributed by atoms with Crippen LogP contribution in [-0.2, 0) is 4.79 Å². The van der Waals surface area contributed by atoms with Crippen molar-refractivity contribution in [1.29, 1.82) is 0 Å². The van der Waals surface area contributed by atoms with Gasteiger partial charge in [-0.1, -0.05) is 13.3 Å². The lowest BCUT2D eigenvalue weighted by Crippen LogP contribution is -2.60. The zero-order valence-electron chi connectivity index (χ0n) is 9.87. The number of piperazine rings is 1. The maximum Gasteiger partial charge on any atom is 0.228 e. The van der Waals surface area contributed by atoms with Gasteiger partial charge in [0, 0.05) is 30.6 Å².